The monoisotopic (exact) mass is 315 g/mol. The number of aromatic amines is 2. The van der Waals surface area contributed by atoms with Crippen molar-refractivity contribution in [2.45, 2.75) is 18.7 Å². The van der Waals surface area contributed by atoms with Crippen molar-refractivity contribution in [1.29, 1.82) is 0 Å². The first-order valence-electron chi connectivity index (χ1n) is 7.03. The van der Waals surface area contributed by atoms with Crippen molar-refractivity contribution in [3.63, 3.8) is 0 Å². The molecular formula is C15H17N5OS. The molecule has 0 spiro atoms. The van der Waals surface area contributed by atoms with Crippen molar-refractivity contribution in [2.75, 3.05) is 5.75 Å². The number of H-pyrrole nitrogens is 2. The van der Waals surface area contributed by atoms with Gasteiger partial charge in [-0.1, -0.05) is 12.1 Å². The Balaban J connectivity index is 1.51. The van der Waals surface area contributed by atoms with E-state index in [1.54, 1.807) is 24.2 Å². The highest BCUT2D eigenvalue weighted by atomic mass is 32.2. The molecule has 114 valence electrons. The molecule has 3 rings (SSSR count). The van der Waals surface area contributed by atoms with Crippen LogP contribution < -0.4 is 5.32 Å². The highest BCUT2D eigenvalue weighted by molar-refractivity contribution is 8.00. The predicted octanol–water partition coefficient (Wildman–Crippen LogP) is 2.40. The van der Waals surface area contributed by atoms with Crippen LogP contribution in [-0.4, -0.2) is 31.6 Å². The average Bonchev–Trinajstić information content (AvgIpc) is 3.19. The standard InChI is InChI=1S/C15H17N5OS/c1-10(15-19-11-4-2-3-5-12(11)20-15)22-9-14(21)18-8-13-16-6-7-17-13/h2-7,10H,8-9H2,1H3,(H,16,17)(H,18,21)(H,19,20). The third-order valence-electron chi connectivity index (χ3n) is 3.27. The lowest BCUT2D eigenvalue weighted by Gasteiger charge is -2.08. The van der Waals surface area contributed by atoms with E-state index in [1.165, 1.54) is 0 Å². The van der Waals surface area contributed by atoms with Crippen LogP contribution >= 0.6 is 11.8 Å². The van der Waals surface area contributed by atoms with Gasteiger partial charge < -0.3 is 15.3 Å². The summed E-state index contributed by atoms with van der Waals surface area (Å²) in [5.41, 5.74) is 1.97. The first-order valence-corrected chi connectivity index (χ1v) is 8.08. The SMILES string of the molecule is CC(SCC(=O)NCc1ncc[nH]1)c1nc2ccccc2[nH]1. The van der Waals surface area contributed by atoms with Gasteiger partial charge in [-0.15, -0.1) is 11.8 Å². The molecule has 0 saturated heterocycles. The first kappa shape index (κ1) is 14.6. The van der Waals surface area contributed by atoms with Crippen molar-refractivity contribution in [3.05, 3.63) is 48.3 Å². The summed E-state index contributed by atoms with van der Waals surface area (Å²) in [6, 6.07) is 7.92. The molecule has 22 heavy (non-hydrogen) atoms. The Morgan fingerprint density at radius 3 is 3.05 bits per heavy atom. The molecule has 1 unspecified atom stereocenters. The van der Waals surface area contributed by atoms with Crippen molar-refractivity contribution in [2.24, 2.45) is 0 Å². The Morgan fingerprint density at radius 2 is 2.27 bits per heavy atom. The highest BCUT2D eigenvalue weighted by Gasteiger charge is 2.13. The summed E-state index contributed by atoms with van der Waals surface area (Å²) in [5.74, 6) is 2.02. The van der Waals surface area contributed by atoms with Gasteiger partial charge in [0.1, 0.15) is 11.6 Å². The Bertz CT molecular complexity index is 719. The number of carbonyl (C=O) groups excluding carboxylic acids is 1. The minimum Gasteiger partial charge on any atom is -0.348 e. The molecule has 3 N–H and O–H groups in total. The number of carbonyl (C=O) groups is 1. The van der Waals surface area contributed by atoms with E-state index >= 15 is 0 Å². The van der Waals surface area contributed by atoms with Crippen molar-refractivity contribution in [3.8, 4) is 0 Å². The number of aromatic nitrogens is 4. The number of rotatable bonds is 6. The number of nitrogens with one attached hydrogen (secondary N) is 3. The largest absolute Gasteiger partial charge is 0.348 e. The summed E-state index contributed by atoms with van der Waals surface area (Å²) in [6.45, 7) is 2.47. The maximum Gasteiger partial charge on any atom is 0.230 e. The molecule has 6 nitrogen and oxygen atoms in total. The van der Waals surface area contributed by atoms with E-state index in [0.29, 0.717) is 12.3 Å². The van der Waals surface area contributed by atoms with E-state index in [0.717, 1.165) is 22.7 Å². The maximum absolute atomic E-state index is 11.8. The van der Waals surface area contributed by atoms with Gasteiger partial charge in [0.25, 0.3) is 0 Å². The van der Waals surface area contributed by atoms with Crippen LogP contribution in [0.3, 0.4) is 0 Å². The predicted molar refractivity (Wildman–Crippen MR) is 87.4 cm³/mol. The minimum atomic E-state index is -0.00985. The number of hydrogen-bond donors (Lipinski definition) is 3. The molecule has 7 heteroatoms. The van der Waals surface area contributed by atoms with Gasteiger partial charge in [0.05, 0.1) is 28.6 Å². The quantitative estimate of drug-likeness (QED) is 0.652. The lowest BCUT2D eigenvalue weighted by atomic mass is 10.3. The Morgan fingerprint density at radius 1 is 1.41 bits per heavy atom. The minimum absolute atomic E-state index is 0.00985. The molecule has 3 aromatic rings. The van der Waals surface area contributed by atoms with Crippen LogP contribution in [0.15, 0.2) is 36.7 Å². The molecule has 0 aliphatic rings. The normalized spacial score (nSPS) is 12.4. The van der Waals surface area contributed by atoms with Crippen molar-refractivity contribution >= 4 is 28.7 Å². The molecule has 0 aliphatic carbocycles. The zero-order chi connectivity index (χ0) is 15.4. The molecule has 1 amide bonds. The van der Waals surface area contributed by atoms with E-state index in [-0.39, 0.29) is 11.2 Å². The summed E-state index contributed by atoms with van der Waals surface area (Å²) in [7, 11) is 0. The fourth-order valence-electron chi connectivity index (χ4n) is 2.07. The highest BCUT2D eigenvalue weighted by Crippen LogP contribution is 2.27. The Labute approximate surface area is 132 Å². The second-order valence-electron chi connectivity index (χ2n) is 4.91. The smallest absolute Gasteiger partial charge is 0.230 e. The zero-order valence-corrected chi connectivity index (χ0v) is 13.0. The van der Waals surface area contributed by atoms with E-state index in [4.69, 9.17) is 0 Å². The van der Waals surface area contributed by atoms with E-state index in [9.17, 15) is 4.79 Å². The van der Waals surface area contributed by atoms with Gasteiger partial charge >= 0.3 is 0 Å². The molecule has 1 aromatic carbocycles. The molecule has 0 fully saturated rings. The number of imidazole rings is 2. The summed E-state index contributed by atoms with van der Waals surface area (Å²) in [6.07, 6.45) is 3.40. The number of amides is 1. The van der Waals surface area contributed by atoms with Crippen LogP contribution in [0.5, 0.6) is 0 Å². The van der Waals surface area contributed by atoms with Crippen LogP contribution in [0.25, 0.3) is 11.0 Å². The maximum atomic E-state index is 11.8. The van der Waals surface area contributed by atoms with Gasteiger partial charge in [-0.3, -0.25) is 4.79 Å². The average molecular weight is 315 g/mol. The van der Waals surface area contributed by atoms with Gasteiger partial charge in [0.15, 0.2) is 0 Å². The fraction of sp³-hybridized carbons (Fsp3) is 0.267. The van der Waals surface area contributed by atoms with Crippen LogP contribution in [0.1, 0.15) is 23.8 Å². The molecule has 0 aliphatic heterocycles. The van der Waals surface area contributed by atoms with Gasteiger partial charge in [-0.2, -0.15) is 0 Å². The van der Waals surface area contributed by atoms with Gasteiger partial charge in [0, 0.05) is 12.4 Å². The number of hydrogen-bond acceptors (Lipinski definition) is 4. The fourth-order valence-corrected chi connectivity index (χ4v) is 2.85. The van der Waals surface area contributed by atoms with Crippen LogP contribution in [0.4, 0.5) is 0 Å². The molecule has 1 atom stereocenters. The lowest BCUT2D eigenvalue weighted by Crippen LogP contribution is -2.25. The molecule has 0 radical (unpaired) electrons. The third kappa shape index (κ3) is 3.48. The summed E-state index contributed by atoms with van der Waals surface area (Å²) < 4.78 is 0. The zero-order valence-electron chi connectivity index (χ0n) is 12.2. The van der Waals surface area contributed by atoms with Crippen molar-refractivity contribution in [1.82, 2.24) is 25.3 Å². The van der Waals surface area contributed by atoms with Gasteiger partial charge in [-0.25, -0.2) is 9.97 Å². The number of para-hydroxylation sites is 2. The summed E-state index contributed by atoms with van der Waals surface area (Å²) in [4.78, 5) is 26.7. The summed E-state index contributed by atoms with van der Waals surface area (Å²) >= 11 is 1.55. The van der Waals surface area contributed by atoms with Gasteiger partial charge in [0.2, 0.25) is 5.91 Å². The Kier molecular flexibility index (Phi) is 4.43. The number of thioether (sulfide) groups is 1. The van der Waals surface area contributed by atoms with Crippen molar-refractivity contribution < 1.29 is 4.79 Å². The van der Waals surface area contributed by atoms with E-state index in [2.05, 4.69) is 25.3 Å². The van der Waals surface area contributed by atoms with E-state index in [1.807, 2.05) is 31.2 Å². The second-order valence-corrected chi connectivity index (χ2v) is 6.23. The van der Waals surface area contributed by atoms with Crippen LogP contribution in [0.2, 0.25) is 0 Å². The van der Waals surface area contributed by atoms with E-state index < -0.39 is 0 Å². The first-order chi connectivity index (χ1) is 10.7. The molecule has 2 heterocycles. The molecule has 2 aromatic heterocycles. The van der Waals surface area contributed by atoms with Crippen LogP contribution in [-0.2, 0) is 11.3 Å². The number of fused-ring (bicyclic) bond motifs is 1. The third-order valence-corrected chi connectivity index (χ3v) is 4.42. The second kappa shape index (κ2) is 6.65. The Hall–Kier alpha value is -2.28. The van der Waals surface area contributed by atoms with Gasteiger partial charge in [-0.05, 0) is 19.1 Å². The number of nitrogens with zero attached hydrogens (tertiary/aromatic N) is 2. The summed E-state index contributed by atoms with van der Waals surface area (Å²) in [5, 5.41) is 2.96. The molecular weight excluding hydrogens is 298 g/mol. The molecule has 0 saturated carbocycles. The topological polar surface area (TPSA) is 86.5 Å². The lowest BCUT2D eigenvalue weighted by molar-refractivity contribution is -0.118. The molecule has 0 bridgehead atoms. The van der Waals surface area contributed by atoms with Crippen LogP contribution in [0, 0.1) is 0 Å². The number of benzene rings is 1.